The van der Waals surface area contributed by atoms with Gasteiger partial charge in [0.05, 0.1) is 7.11 Å². The van der Waals surface area contributed by atoms with Gasteiger partial charge in [-0.25, -0.2) is 9.78 Å². The number of rotatable bonds is 6. The number of methoxy groups -OCH3 is 1. The molecule has 1 aromatic heterocycles. The van der Waals surface area contributed by atoms with Crippen molar-refractivity contribution in [2.45, 2.75) is 64.0 Å². The van der Waals surface area contributed by atoms with Gasteiger partial charge in [-0.05, 0) is 61.9 Å². The van der Waals surface area contributed by atoms with E-state index in [1.54, 1.807) is 6.20 Å². The van der Waals surface area contributed by atoms with Crippen molar-refractivity contribution in [1.29, 1.82) is 0 Å². The molecule has 2 aromatic rings. The second kappa shape index (κ2) is 8.86. The summed E-state index contributed by atoms with van der Waals surface area (Å²) in [4.78, 5) is 29.5. The van der Waals surface area contributed by atoms with Crippen molar-refractivity contribution in [3.8, 4) is 11.1 Å². The Morgan fingerprint density at radius 3 is 2.50 bits per heavy atom. The van der Waals surface area contributed by atoms with E-state index < -0.39 is 5.97 Å². The van der Waals surface area contributed by atoms with Crippen LogP contribution in [-0.4, -0.2) is 36.1 Å². The lowest BCUT2D eigenvalue weighted by Crippen LogP contribution is -2.25. The monoisotopic (exact) mass is 407 g/mol. The second-order valence-corrected chi connectivity index (χ2v) is 8.37. The molecule has 2 fully saturated rings. The molecule has 0 radical (unpaired) electrons. The Bertz CT molecular complexity index is 947. The van der Waals surface area contributed by atoms with Crippen LogP contribution in [0.3, 0.4) is 0 Å². The molecule has 0 atom stereocenters. The van der Waals surface area contributed by atoms with Crippen molar-refractivity contribution in [2.75, 3.05) is 12.4 Å². The lowest BCUT2D eigenvalue weighted by atomic mass is 9.95. The number of esters is 1. The number of amides is 1. The van der Waals surface area contributed by atoms with Crippen molar-refractivity contribution in [3.05, 3.63) is 47.2 Å². The lowest BCUT2D eigenvalue weighted by Gasteiger charge is -2.24. The van der Waals surface area contributed by atoms with Gasteiger partial charge in [0.15, 0.2) is 0 Å². The number of hydrogen-bond donors (Lipinski definition) is 2. The minimum absolute atomic E-state index is 0.0597. The molecule has 2 aliphatic carbocycles. The van der Waals surface area contributed by atoms with Gasteiger partial charge in [-0.15, -0.1) is 0 Å². The first-order valence-electron chi connectivity index (χ1n) is 10.8. The fourth-order valence-corrected chi connectivity index (χ4v) is 4.00. The highest BCUT2D eigenvalue weighted by Crippen LogP contribution is 2.29. The fraction of sp³-hybridized carbons (Fsp3) is 0.458. The SMILES string of the molecule is COC(=O)c1cc(-c2cc(C(=O)NC3CC3)ccc2C)cnc1NC1CCCCC1. The van der Waals surface area contributed by atoms with E-state index in [2.05, 4.69) is 15.6 Å². The molecule has 0 spiro atoms. The van der Waals surface area contributed by atoms with E-state index in [4.69, 9.17) is 4.74 Å². The zero-order chi connectivity index (χ0) is 21.1. The van der Waals surface area contributed by atoms with Crippen LogP contribution in [0.1, 0.15) is 71.2 Å². The van der Waals surface area contributed by atoms with E-state index >= 15 is 0 Å². The van der Waals surface area contributed by atoms with Crippen molar-refractivity contribution in [1.82, 2.24) is 10.3 Å². The van der Waals surface area contributed by atoms with Crippen LogP contribution in [0, 0.1) is 6.92 Å². The molecule has 158 valence electrons. The van der Waals surface area contributed by atoms with E-state index in [1.807, 2.05) is 31.2 Å². The minimum Gasteiger partial charge on any atom is -0.465 e. The number of carbonyl (C=O) groups excluding carboxylic acids is 2. The molecule has 0 saturated heterocycles. The number of benzene rings is 1. The fourth-order valence-electron chi connectivity index (χ4n) is 4.00. The summed E-state index contributed by atoms with van der Waals surface area (Å²) >= 11 is 0. The highest BCUT2D eigenvalue weighted by molar-refractivity contribution is 5.98. The molecule has 0 aliphatic heterocycles. The molecular weight excluding hydrogens is 378 g/mol. The molecule has 1 amide bonds. The zero-order valence-corrected chi connectivity index (χ0v) is 17.7. The standard InChI is InChI=1S/C24H29N3O3/c1-15-8-9-16(23(28)27-19-10-11-19)12-20(15)17-13-21(24(29)30-2)22(25-14-17)26-18-6-4-3-5-7-18/h8-9,12-14,18-19H,3-7,10-11H2,1-2H3,(H,25,26)(H,27,28). The van der Waals surface area contributed by atoms with Crippen LogP contribution in [0.15, 0.2) is 30.5 Å². The molecule has 6 heteroatoms. The van der Waals surface area contributed by atoms with Gasteiger partial charge in [-0.2, -0.15) is 0 Å². The molecule has 1 heterocycles. The van der Waals surface area contributed by atoms with Crippen LogP contribution in [-0.2, 0) is 4.74 Å². The number of pyridine rings is 1. The van der Waals surface area contributed by atoms with Gasteiger partial charge in [0.25, 0.3) is 5.91 Å². The first-order chi connectivity index (χ1) is 14.5. The molecule has 0 bridgehead atoms. The van der Waals surface area contributed by atoms with Gasteiger partial charge in [-0.1, -0.05) is 25.3 Å². The lowest BCUT2D eigenvalue weighted by molar-refractivity contribution is 0.0601. The maximum Gasteiger partial charge on any atom is 0.341 e. The Morgan fingerprint density at radius 2 is 1.80 bits per heavy atom. The van der Waals surface area contributed by atoms with Crippen LogP contribution in [0.5, 0.6) is 0 Å². The third-order valence-electron chi connectivity index (χ3n) is 5.96. The van der Waals surface area contributed by atoms with Crippen LogP contribution in [0.25, 0.3) is 11.1 Å². The molecule has 2 N–H and O–H groups in total. The summed E-state index contributed by atoms with van der Waals surface area (Å²) in [6.45, 7) is 1.99. The summed E-state index contributed by atoms with van der Waals surface area (Å²) in [6, 6.07) is 8.10. The Balaban J connectivity index is 1.64. The van der Waals surface area contributed by atoms with Gasteiger partial charge in [0.1, 0.15) is 11.4 Å². The number of aryl methyl sites for hydroxylation is 1. The minimum atomic E-state index is -0.414. The Kier molecular flexibility index (Phi) is 6.02. The van der Waals surface area contributed by atoms with Crippen molar-refractivity contribution < 1.29 is 14.3 Å². The molecule has 4 rings (SSSR count). The second-order valence-electron chi connectivity index (χ2n) is 8.37. The van der Waals surface area contributed by atoms with Gasteiger partial charge in [0.2, 0.25) is 0 Å². The highest BCUT2D eigenvalue weighted by atomic mass is 16.5. The van der Waals surface area contributed by atoms with Gasteiger partial charge < -0.3 is 15.4 Å². The molecule has 2 aliphatic rings. The van der Waals surface area contributed by atoms with Gasteiger partial charge in [-0.3, -0.25) is 4.79 Å². The molecule has 0 unspecified atom stereocenters. The van der Waals surface area contributed by atoms with Crippen molar-refractivity contribution >= 4 is 17.7 Å². The number of carbonyl (C=O) groups is 2. The summed E-state index contributed by atoms with van der Waals surface area (Å²) < 4.78 is 5.02. The van der Waals surface area contributed by atoms with Gasteiger partial charge in [0, 0.05) is 29.4 Å². The molecule has 30 heavy (non-hydrogen) atoms. The quantitative estimate of drug-likeness (QED) is 0.690. The number of nitrogens with one attached hydrogen (secondary N) is 2. The normalized spacial score (nSPS) is 16.7. The van der Waals surface area contributed by atoms with Crippen LogP contribution < -0.4 is 10.6 Å². The first-order valence-corrected chi connectivity index (χ1v) is 10.8. The highest BCUT2D eigenvalue weighted by Gasteiger charge is 2.24. The molecule has 6 nitrogen and oxygen atoms in total. The molecule has 2 saturated carbocycles. The van der Waals surface area contributed by atoms with Crippen LogP contribution in [0.2, 0.25) is 0 Å². The van der Waals surface area contributed by atoms with E-state index in [9.17, 15) is 9.59 Å². The Hall–Kier alpha value is -2.89. The predicted molar refractivity (Wildman–Crippen MR) is 117 cm³/mol. The average Bonchev–Trinajstić information content (AvgIpc) is 3.58. The average molecular weight is 408 g/mol. The largest absolute Gasteiger partial charge is 0.465 e. The Labute approximate surface area is 177 Å². The third kappa shape index (κ3) is 4.64. The van der Waals surface area contributed by atoms with Crippen molar-refractivity contribution in [3.63, 3.8) is 0 Å². The third-order valence-corrected chi connectivity index (χ3v) is 5.96. The molecular formula is C24H29N3O3. The predicted octanol–water partition coefficient (Wildman–Crippen LogP) is 4.48. The van der Waals surface area contributed by atoms with Crippen LogP contribution in [0.4, 0.5) is 5.82 Å². The summed E-state index contributed by atoms with van der Waals surface area (Å²) in [5.41, 5.74) is 3.74. The number of nitrogens with zero attached hydrogens (tertiary/aromatic N) is 1. The number of ether oxygens (including phenoxy) is 1. The van der Waals surface area contributed by atoms with Crippen molar-refractivity contribution in [2.24, 2.45) is 0 Å². The maximum absolute atomic E-state index is 12.5. The topological polar surface area (TPSA) is 80.3 Å². The number of hydrogen-bond acceptors (Lipinski definition) is 5. The molecule has 1 aromatic carbocycles. The summed E-state index contributed by atoms with van der Waals surface area (Å²) in [5, 5.41) is 6.46. The Morgan fingerprint density at radius 1 is 1.03 bits per heavy atom. The zero-order valence-electron chi connectivity index (χ0n) is 17.7. The van der Waals surface area contributed by atoms with E-state index in [-0.39, 0.29) is 5.91 Å². The van der Waals surface area contributed by atoms with Crippen LogP contribution >= 0.6 is 0 Å². The number of anilines is 1. The number of aromatic nitrogens is 1. The smallest absolute Gasteiger partial charge is 0.341 e. The van der Waals surface area contributed by atoms with E-state index in [1.165, 1.54) is 26.4 Å². The summed E-state index contributed by atoms with van der Waals surface area (Å²) in [6.07, 6.45) is 9.68. The summed E-state index contributed by atoms with van der Waals surface area (Å²) in [7, 11) is 1.38. The van der Waals surface area contributed by atoms with Gasteiger partial charge >= 0.3 is 5.97 Å². The van der Waals surface area contributed by atoms with E-state index in [0.29, 0.717) is 29.0 Å². The first kappa shape index (κ1) is 20.4. The maximum atomic E-state index is 12.5. The summed E-state index contributed by atoms with van der Waals surface area (Å²) in [5.74, 6) is 0.0937. The van der Waals surface area contributed by atoms with E-state index in [0.717, 1.165) is 42.4 Å².